The van der Waals surface area contributed by atoms with Crippen LogP contribution in [-0.4, -0.2) is 49.3 Å². The number of anilines is 1. The van der Waals surface area contributed by atoms with E-state index in [1.165, 1.54) is 22.5 Å². The molecule has 1 saturated heterocycles. The molecule has 3 rings (SSSR count). The maximum atomic E-state index is 13.5. The summed E-state index contributed by atoms with van der Waals surface area (Å²) < 4.78 is 46.6. The number of H-pyrrole nitrogens is 1. The number of aromatic amines is 1. The van der Waals surface area contributed by atoms with E-state index in [1.54, 1.807) is 27.7 Å². The molecule has 2 aromatic rings. The molecule has 2 N–H and O–H groups in total. The Morgan fingerprint density at radius 1 is 1.25 bits per heavy atom. The molecule has 1 amide bonds. The standard InChI is InChI=1S/C22H28FN3O5S/c1-5-31-22(28)19-14(3)24-15(4)20(19)32(29,30)26-10-6-7-16(12-26)21(27)25-18-9-8-17(23)11-13(18)2/h8-9,11,16,24H,5-7,10,12H2,1-4H3,(H,25,27)/t16-/m1/s1. The topological polar surface area (TPSA) is 109 Å². The summed E-state index contributed by atoms with van der Waals surface area (Å²) in [7, 11) is -4.05. The molecule has 1 aliphatic heterocycles. The summed E-state index contributed by atoms with van der Waals surface area (Å²) in [4.78, 5) is 28.1. The van der Waals surface area contributed by atoms with Crippen molar-refractivity contribution in [3.8, 4) is 0 Å². The lowest BCUT2D eigenvalue weighted by molar-refractivity contribution is -0.120. The highest BCUT2D eigenvalue weighted by Crippen LogP contribution is 2.31. The van der Waals surface area contributed by atoms with Gasteiger partial charge in [0.1, 0.15) is 16.3 Å². The summed E-state index contributed by atoms with van der Waals surface area (Å²) in [6, 6.07) is 4.06. The van der Waals surface area contributed by atoms with E-state index in [0.29, 0.717) is 35.5 Å². The first kappa shape index (κ1) is 23.9. The van der Waals surface area contributed by atoms with Crippen LogP contribution in [-0.2, 0) is 19.6 Å². The van der Waals surface area contributed by atoms with Crippen LogP contribution in [0.2, 0.25) is 0 Å². The number of amides is 1. The Bertz CT molecular complexity index is 1140. The lowest BCUT2D eigenvalue weighted by Gasteiger charge is -2.31. The van der Waals surface area contributed by atoms with Gasteiger partial charge >= 0.3 is 5.97 Å². The molecule has 1 aromatic carbocycles. The van der Waals surface area contributed by atoms with Crippen molar-refractivity contribution in [3.63, 3.8) is 0 Å². The Hall–Kier alpha value is -2.72. The van der Waals surface area contributed by atoms with Gasteiger partial charge in [-0.1, -0.05) is 0 Å². The van der Waals surface area contributed by atoms with Gasteiger partial charge in [0.2, 0.25) is 15.9 Å². The highest BCUT2D eigenvalue weighted by atomic mass is 32.2. The second-order valence-corrected chi connectivity index (χ2v) is 9.83. The number of hydrogen-bond acceptors (Lipinski definition) is 5. The number of piperidine rings is 1. The van der Waals surface area contributed by atoms with Crippen LogP contribution < -0.4 is 5.32 Å². The number of hydrogen-bond donors (Lipinski definition) is 2. The van der Waals surface area contributed by atoms with Gasteiger partial charge in [-0.25, -0.2) is 17.6 Å². The number of sulfonamides is 1. The first-order chi connectivity index (χ1) is 15.1. The van der Waals surface area contributed by atoms with Gasteiger partial charge in [0.25, 0.3) is 0 Å². The van der Waals surface area contributed by atoms with E-state index in [4.69, 9.17) is 4.74 Å². The van der Waals surface area contributed by atoms with E-state index in [9.17, 15) is 22.4 Å². The second-order valence-electron chi connectivity index (χ2n) is 7.95. The molecule has 1 aromatic heterocycles. The maximum Gasteiger partial charge on any atom is 0.341 e. The maximum absolute atomic E-state index is 13.5. The van der Waals surface area contributed by atoms with Crippen LogP contribution in [0.3, 0.4) is 0 Å². The van der Waals surface area contributed by atoms with E-state index in [0.717, 1.165) is 0 Å². The third-order valence-electron chi connectivity index (χ3n) is 5.60. The zero-order valence-corrected chi connectivity index (χ0v) is 19.4. The number of rotatable bonds is 6. The van der Waals surface area contributed by atoms with Crippen LogP contribution in [0.4, 0.5) is 10.1 Å². The van der Waals surface area contributed by atoms with Crippen molar-refractivity contribution >= 4 is 27.6 Å². The molecule has 1 aliphatic rings. The van der Waals surface area contributed by atoms with E-state index >= 15 is 0 Å². The molecule has 2 heterocycles. The van der Waals surface area contributed by atoms with Crippen LogP contribution in [0.15, 0.2) is 23.1 Å². The van der Waals surface area contributed by atoms with Gasteiger partial charge < -0.3 is 15.0 Å². The zero-order chi connectivity index (χ0) is 23.6. The van der Waals surface area contributed by atoms with Gasteiger partial charge in [-0.2, -0.15) is 4.31 Å². The fourth-order valence-electron chi connectivity index (χ4n) is 4.04. The summed E-state index contributed by atoms with van der Waals surface area (Å²) in [6.45, 7) is 6.90. The molecule has 32 heavy (non-hydrogen) atoms. The Balaban J connectivity index is 1.84. The number of nitrogens with one attached hydrogen (secondary N) is 2. The molecule has 10 heteroatoms. The number of halogens is 1. The highest BCUT2D eigenvalue weighted by molar-refractivity contribution is 7.89. The smallest absolute Gasteiger partial charge is 0.341 e. The van der Waals surface area contributed by atoms with Crippen LogP contribution in [0, 0.1) is 32.5 Å². The zero-order valence-electron chi connectivity index (χ0n) is 18.6. The molecule has 0 radical (unpaired) electrons. The molecule has 0 spiro atoms. The second kappa shape index (κ2) is 9.41. The summed E-state index contributed by atoms with van der Waals surface area (Å²) in [5.74, 6) is -2.00. The summed E-state index contributed by atoms with van der Waals surface area (Å²) in [6.07, 6.45) is 1.02. The average Bonchev–Trinajstić information content (AvgIpc) is 3.04. The van der Waals surface area contributed by atoms with E-state index in [-0.39, 0.29) is 36.1 Å². The van der Waals surface area contributed by atoms with Gasteiger partial charge in [0.05, 0.1) is 12.5 Å². The predicted molar refractivity (Wildman–Crippen MR) is 117 cm³/mol. The molecule has 0 bridgehead atoms. The number of carbonyl (C=O) groups is 2. The molecule has 8 nitrogen and oxygen atoms in total. The summed E-state index contributed by atoms with van der Waals surface area (Å²) in [5, 5.41) is 2.77. The Labute approximate surface area is 187 Å². The molecule has 0 aliphatic carbocycles. The minimum Gasteiger partial charge on any atom is -0.462 e. The van der Waals surface area contributed by atoms with Crippen LogP contribution in [0.25, 0.3) is 0 Å². The van der Waals surface area contributed by atoms with Gasteiger partial charge in [-0.15, -0.1) is 0 Å². The lowest BCUT2D eigenvalue weighted by atomic mass is 9.98. The third-order valence-corrected chi connectivity index (χ3v) is 7.63. The molecular weight excluding hydrogens is 437 g/mol. The Morgan fingerprint density at radius 3 is 2.62 bits per heavy atom. The number of esters is 1. The van der Waals surface area contributed by atoms with Crippen molar-refractivity contribution in [2.24, 2.45) is 5.92 Å². The van der Waals surface area contributed by atoms with Crippen LogP contribution >= 0.6 is 0 Å². The fourth-order valence-corrected chi connectivity index (χ4v) is 5.97. The molecular formula is C22H28FN3O5S. The van der Waals surface area contributed by atoms with Crippen molar-refractivity contribution in [1.29, 1.82) is 0 Å². The fraction of sp³-hybridized carbons (Fsp3) is 0.455. The predicted octanol–water partition coefficient (Wildman–Crippen LogP) is 3.30. The highest BCUT2D eigenvalue weighted by Gasteiger charge is 2.38. The van der Waals surface area contributed by atoms with Crippen molar-refractivity contribution in [2.45, 2.75) is 45.4 Å². The SMILES string of the molecule is CCOC(=O)c1c(C)[nH]c(C)c1S(=O)(=O)N1CCC[C@@H](C(=O)Nc2ccc(F)cc2C)C1. The van der Waals surface area contributed by atoms with E-state index in [2.05, 4.69) is 10.3 Å². The van der Waals surface area contributed by atoms with Crippen molar-refractivity contribution in [3.05, 3.63) is 46.5 Å². The van der Waals surface area contributed by atoms with Crippen molar-refractivity contribution < 1.29 is 27.1 Å². The van der Waals surface area contributed by atoms with Gasteiger partial charge in [-0.3, -0.25) is 4.79 Å². The van der Waals surface area contributed by atoms with E-state index < -0.39 is 27.7 Å². The number of benzene rings is 1. The summed E-state index contributed by atoms with van der Waals surface area (Å²) >= 11 is 0. The Morgan fingerprint density at radius 2 is 1.97 bits per heavy atom. The van der Waals surface area contributed by atoms with Gasteiger partial charge in [0, 0.05) is 30.2 Å². The minimum absolute atomic E-state index is 0.00198. The number of nitrogens with zero attached hydrogens (tertiary/aromatic N) is 1. The molecule has 0 saturated carbocycles. The number of ether oxygens (including phenoxy) is 1. The molecule has 1 fully saturated rings. The van der Waals surface area contributed by atoms with E-state index in [1.807, 2.05) is 0 Å². The first-order valence-electron chi connectivity index (χ1n) is 10.5. The van der Waals surface area contributed by atoms with Crippen molar-refractivity contribution in [2.75, 3.05) is 25.0 Å². The Kier molecular flexibility index (Phi) is 7.04. The quantitative estimate of drug-likeness (QED) is 0.637. The van der Waals surface area contributed by atoms with Crippen LogP contribution in [0.1, 0.15) is 47.1 Å². The van der Waals surface area contributed by atoms with Crippen LogP contribution in [0.5, 0.6) is 0 Å². The lowest BCUT2D eigenvalue weighted by Crippen LogP contribution is -2.44. The average molecular weight is 466 g/mol. The molecule has 174 valence electrons. The number of aromatic nitrogens is 1. The largest absolute Gasteiger partial charge is 0.462 e. The van der Waals surface area contributed by atoms with Crippen molar-refractivity contribution in [1.82, 2.24) is 9.29 Å². The van der Waals surface area contributed by atoms with Gasteiger partial charge in [-0.05, 0) is 64.3 Å². The number of carbonyl (C=O) groups excluding carboxylic acids is 2. The van der Waals surface area contributed by atoms with Gasteiger partial charge in [0.15, 0.2) is 0 Å². The molecule has 1 atom stereocenters. The normalized spacial score (nSPS) is 17.2. The minimum atomic E-state index is -4.05. The molecule has 0 unspecified atom stereocenters. The first-order valence-corrected chi connectivity index (χ1v) is 11.9. The monoisotopic (exact) mass is 465 g/mol. The number of aryl methyl sites for hydroxylation is 3. The summed E-state index contributed by atoms with van der Waals surface area (Å²) in [5.41, 5.74) is 1.82. The third kappa shape index (κ3) is 4.71.